The lowest BCUT2D eigenvalue weighted by Gasteiger charge is -2.01. The van der Waals surface area contributed by atoms with Crippen LogP contribution in [0.3, 0.4) is 0 Å². The molecule has 17 heavy (non-hydrogen) atoms. The number of fused-ring (bicyclic) bond motifs is 1. The average molecular weight is 221 g/mol. The van der Waals surface area contributed by atoms with Gasteiger partial charge in [0.25, 0.3) is 0 Å². The molecule has 0 saturated heterocycles. The summed E-state index contributed by atoms with van der Waals surface area (Å²) in [6, 6.07) is 15.6. The van der Waals surface area contributed by atoms with Crippen LogP contribution in [0.15, 0.2) is 46.9 Å². The van der Waals surface area contributed by atoms with Crippen molar-refractivity contribution in [3.05, 3.63) is 48.4 Å². The lowest BCUT2D eigenvalue weighted by molar-refractivity contribution is 0.553. The van der Waals surface area contributed by atoms with E-state index < -0.39 is 0 Å². The van der Waals surface area contributed by atoms with Gasteiger partial charge in [-0.2, -0.15) is 5.26 Å². The molecule has 0 radical (unpaired) electrons. The first kappa shape index (κ1) is 9.55. The van der Waals surface area contributed by atoms with Crippen LogP contribution in [0.25, 0.3) is 22.2 Å². The lowest BCUT2D eigenvalue weighted by Crippen LogP contribution is -1.80. The molecule has 4 nitrogen and oxygen atoms in total. The van der Waals surface area contributed by atoms with Crippen LogP contribution < -0.4 is 0 Å². The van der Waals surface area contributed by atoms with Crippen LogP contribution in [0.5, 0.6) is 0 Å². The van der Waals surface area contributed by atoms with E-state index >= 15 is 0 Å². The van der Waals surface area contributed by atoms with E-state index in [4.69, 9.17) is 9.68 Å². The molecule has 80 valence electrons. The van der Waals surface area contributed by atoms with Gasteiger partial charge in [-0.3, -0.25) is 0 Å². The summed E-state index contributed by atoms with van der Waals surface area (Å²) in [6.45, 7) is 0. The summed E-state index contributed by atoms with van der Waals surface area (Å²) >= 11 is 0. The summed E-state index contributed by atoms with van der Waals surface area (Å²) in [5, 5.41) is 18.3. The van der Waals surface area contributed by atoms with Gasteiger partial charge in [-0.1, -0.05) is 41.5 Å². The molecule has 0 saturated carbocycles. The average Bonchev–Trinajstić information content (AvgIpc) is 2.87. The highest BCUT2D eigenvalue weighted by Gasteiger charge is 2.10. The predicted molar refractivity (Wildman–Crippen MR) is 62.0 cm³/mol. The standard InChI is InChI=1S/C13H7N3O/c14-8-12-15-16-13(17-12)11-7-3-5-9-4-1-2-6-10(9)11/h1-7H. The molecule has 0 spiro atoms. The number of benzene rings is 2. The molecule has 4 heteroatoms. The molecule has 0 unspecified atom stereocenters. The molecule has 0 atom stereocenters. The Kier molecular flexibility index (Phi) is 2.09. The summed E-state index contributed by atoms with van der Waals surface area (Å²) in [7, 11) is 0. The Hall–Kier alpha value is -2.67. The van der Waals surface area contributed by atoms with Crippen molar-refractivity contribution in [3.63, 3.8) is 0 Å². The zero-order chi connectivity index (χ0) is 11.7. The third-order valence-corrected chi connectivity index (χ3v) is 2.54. The van der Waals surface area contributed by atoms with E-state index in [1.54, 1.807) is 0 Å². The number of rotatable bonds is 1. The third kappa shape index (κ3) is 1.54. The van der Waals surface area contributed by atoms with Gasteiger partial charge in [0.1, 0.15) is 0 Å². The van der Waals surface area contributed by atoms with Crippen molar-refractivity contribution in [3.8, 4) is 17.5 Å². The summed E-state index contributed by atoms with van der Waals surface area (Å²) in [5.74, 6) is 0.353. The second-order valence-electron chi connectivity index (χ2n) is 3.55. The molecule has 1 heterocycles. The highest BCUT2D eigenvalue weighted by atomic mass is 16.4. The van der Waals surface area contributed by atoms with Gasteiger partial charge in [0.2, 0.25) is 5.89 Å². The van der Waals surface area contributed by atoms with Crippen molar-refractivity contribution in [1.82, 2.24) is 10.2 Å². The fourth-order valence-corrected chi connectivity index (χ4v) is 1.79. The van der Waals surface area contributed by atoms with Gasteiger partial charge >= 0.3 is 5.89 Å². The van der Waals surface area contributed by atoms with E-state index in [1.807, 2.05) is 48.5 Å². The SMILES string of the molecule is N#Cc1nnc(-c2cccc3ccccc23)o1. The molecule has 0 bridgehead atoms. The van der Waals surface area contributed by atoms with Crippen LogP contribution in [0.1, 0.15) is 5.89 Å². The van der Waals surface area contributed by atoms with Crippen molar-refractivity contribution in [2.75, 3.05) is 0 Å². The number of nitrogens with zero attached hydrogens (tertiary/aromatic N) is 3. The van der Waals surface area contributed by atoms with Crippen LogP contribution >= 0.6 is 0 Å². The van der Waals surface area contributed by atoms with E-state index in [-0.39, 0.29) is 5.89 Å². The summed E-state index contributed by atoms with van der Waals surface area (Å²) in [4.78, 5) is 0. The van der Waals surface area contributed by atoms with Crippen LogP contribution in [0.4, 0.5) is 0 Å². The Morgan fingerprint density at radius 3 is 2.65 bits per heavy atom. The van der Waals surface area contributed by atoms with Crippen molar-refractivity contribution < 1.29 is 4.42 Å². The highest BCUT2D eigenvalue weighted by molar-refractivity contribution is 5.94. The molecular weight excluding hydrogens is 214 g/mol. The maximum absolute atomic E-state index is 8.66. The number of aromatic nitrogens is 2. The quantitative estimate of drug-likeness (QED) is 0.633. The molecule has 0 fully saturated rings. The van der Waals surface area contributed by atoms with Crippen LogP contribution in [-0.2, 0) is 0 Å². The Balaban J connectivity index is 2.27. The van der Waals surface area contributed by atoms with Gasteiger partial charge in [0.15, 0.2) is 6.07 Å². The summed E-state index contributed by atoms with van der Waals surface area (Å²) < 4.78 is 5.24. The minimum absolute atomic E-state index is 0.0204. The topological polar surface area (TPSA) is 62.7 Å². The maximum atomic E-state index is 8.66. The van der Waals surface area contributed by atoms with Crippen molar-refractivity contribution >= 4 is 10.8 Å². The molecule has 2 aromatic carbocycles. The number of hydrogen-bond donors (Lipinski definition) is 0. The van der Waals surface area contributed by atoms with E-state index in [2.05, 4.69) is 10.2 Å². The molecule has 0 aliphatic heterocycles. The predicted octanol–water partition coefficient (Wildman–Crippen LogP) is 2.76. The Morgan fingerprint density at radius 2 is 1.82 bits per heavy atom. The smallest absolute Gasteiger partial charge is 0.321 e. The monoisotopic (exact) mass is 221 g/mol. The van der Waals surface area contributed by atoms with Crippen LogP contribution in [-0.4, -0.2) is 10.2 Å². The zero-order valence-corrected chi connectivity index (χ0v) is 8.79. The molecule has 1 aromatic heterocycles. The van der Waals surface area contributed by atoms with Gasteiger partial charge in [-0.25, -0.2) is 0 Å². The normalized spacial score (nSPS) is 10.3. The minimum atomic E-state index is -0.0204. The second kappa shape index (κ2) is 3.72. The molecular formula is C13H7N3O. The van der Waals surface area contributed by atoms with Crippen LogP contribution in [0.2, 0.25) is 0 Å². The Morgan fingerprint density at radius 1 is 1.00 bits per heavy atom. The fourth-order valence-electron chi connectivity index (χ4n) is 1.79. The molecule has 0 amide bonds. The minimum Gasteiger partial charge on any atom is -0.408 e. The first-order valence-electron chi connectivity index (χ1n) is 5.10. The van der Waals surface area contributed by atoms with Crippen LogP contribution in [0, 0.1) is 11.3 Å². The largest absolute Gasteiger partial charge is 0.408 e. The fraction of sp³-hybridized carbons (Fsp3) is 0. The Labute approximate surface area is 97.1 Å². The molecule has 3 aromatic rings. The van der Waals surface area contributed by atoms with Gasteiger partial charge < -0.3 is 4.42 Å². The van der Waals surface area contributed by atoms with Crippen molar-refractivity contribution in [2.24, 2.45) is 0 Å². The van der Waals surface area contributed by atoms with Crippen molar-refractivity contribution in [2.45, 2.75) is 0 Å². The molecule has 0 aliphatic carbocycles. The molecule has 3 rings (SSSR count). The van der Waals surface area contributed by atoms with Gasteiger partial charge in [0, 0.05) is 5.56 Å². The maximum Gasteiger partial charge on any atom is 0.321 e. The van der Waals surface area contributed by atoms with Crippen molar-refractivity contribution in [1.29, 1.82) is 5.26 Å². The summed E-state index contributed by atoms with van der Waals surface area (Å²) in [6.07, 6.45) is 0. The lowest BCUT2D eigenvalue weighted by atomic mass is 10.0. The van der Waals surface area contributed by atoms with Gasteiger partial charge in [0.05, 0.1) is 0 Å². The number of hydrogen-bond acceptors (Lipinski definition) is 4. The van der Waals surface area contributed by atoms with Gasteiger partial charge in [-0.05, 0) is 16.8 Å². The third-order valence-electron chi connectivity index (χ3n) is 2.54. The van der Waals surface area contributed by atoms with E-state index in [0.717, 1.165) is 16.3 Å². The number of nitriles is 1. The van der Waals surface area contributed by atoms with E-state index in [9.17, 15) is 0 Å². The van der Waals surface area contributed by atoms with Gasteiger partial charge in [-0.15, -0.1) is 5.10 Å². The summed E-state index contributed by atoms with van der Waals surface area (Å²) in [5.41, 5.74) is 0.845. The van der Waals surface area contributed by atoms with E-state index in [1.165, 1.54) is 0 Å². The Bertz CT molecular complexity index is 719. The molecule has 0 aliphatic rings. The first-order valence-corrected chi connectivity index (χ1v) is 5.10. The second-order valence-corrected chi connectivity index (χ2v) is 3.55. The van der Waals surface area contributed by atoms with E-state index in [0.29, 0.717) is 5.89 Å². The zero-order valence-electron chi connectivity index (χ0n) is 8.79. The highest BCUT2D eigenvalue weighted by Crippen LogP contribution is 2.27. The first-order chi connectivity index (χ1) is 8.38. The molecule has 0 N–H and O–H groups in total.